The van der Waals surface area contributed by atoms with Crippen molar-refractivity contribution in [2.45, 2.75) is 59.5 Å². The molecule has 96 valence electrons. The molecule has 2 atom stereocenters. The average Bonchev–Trinajstić information content (AvgIpc) is 2.45. The molecular weight excluding hydrogens is 196 g/mol. The van der Waals surface area contributed by atoms with Crippen molar-refractivity contribution < 1.29 is 0 Å². The summed E-state index contributed by atoms with van der Waals surface area (Å²) >= 11 is 0. The third-order valence-electron chi connectivity index (χ3n) is 4.30. The fourth-order valence-electron chi connectivity index (χ4n) is 2.96. The maximum atomic E-state index is 3.70. The van der Waals surface area contributed by atoms with Gasteiger partial charge in [-0.2, -0.15) is 0 Å². The molecule has 0 radical (unpaired) electrons. The first-order valence-corrected chi connectivity index (χ1v) is 6.82. The van der Waals surface area contributed by atoms with Gasteiger partial charge in [-0.3, -0.25) is 0 Å². The Balaban J connectivity index is 2.59. The van der Waals surface area contributed by atoms with Gasteiger partial charge in [0.15, 0.2) is 0 Å². The lowest BCUT2D eigenvalue weighted by atomic mass is 9.84. The highest BCUT2D eigenvalue weighted by molar-refractivity contribution is 4.96. The maximum Gasteiger partial charge on any atom is 0.0159 e. The zero-order valence-corrected chi connectivity index (χ0v) is 12.0. The Labute approximate surface area is 102 Å². The normalized spacial score (nSPS) is 29.2. The van der Waals surface area contributed by atoms with Crippen molar-refractivity contribution >= 4 is 0 Å². The Bertz CT molecular complexity index is 211. The highest BCUT2D eigenvalue weighted by Crippen LogP contribution is 2.41. The van der Waals surface area contributed by atoms with Gasteiger partial charge in [0.2, 0.25) is 0 Å². The monoisotopic (exact) mass is 226 g/mol. The summed E-state index contributed by atoms with van der Waals surface area (Å²) in [4.78, 5) is 2.48. The molecule has 0 bridgehead atoms. The molecule has 0 aromatic rings. The summed E-state index contributed by atoms with van der Waals surface area (Å²) in [5.74, 6) is 0.822. The average molecular weight is 226 g/mol. The molecule has 2 nitrogen and oxygen atoms in total. The van der Waals surface area contributed by atoms with Crippen LogP contribution in [0.15, 0.2) is 0 Å². The summed E-state index contributed by atoms with van der Waals surface area (Å²) in [5, 5.41) is 3.70. The Hall–Kier alpha value is -0.0800. The minimum absolute atomic E-state index is 0.471. The van der Waals surface area contributed by atoms with Gasteiger partial charge >= 0.3 is 0 Å². The molecule has 1 aliphatic carbocycles. The molecule has 0 aliphatic heterocycles. The maximum absolute atomic E-state index is 3.70. The van der Waals surface area contributed by atoms with E-state index in [1.54, 1.807) is 0 Å². The summed E-state index contributed by atoms with van der Waals surface area (Å²) in [7, 11) is 2.25. The van der Waals surface area contributed by atoms with Crippen LogP contribution in [0.1, 0.15) is 47.5 Å². The van der Waals surface area contributed by atoms with Gasteiger partial charge in [0.25, 0.3) is 0 Å². The Morgan fingerprint density at radius 2 is 2.00 bits per heavy atom. The minimum atomic E-state index is 0.471. The number of nitrogens with one attached hydrogen (secondary N) is 1. The van der Waals surface area contributed by atoms with Crippen LogP contribution in [0.2, 0.25) is 0 Å². The van der Waals surface area contributed by atoms with Gasteiger partial charge < -0.3 is 10.2 Å². The van der Waals surface area contributed by atoms with E-state index >= 15 is 0 Å². The van der Waals surface area contributed by atoms with E-state index in [9.17, 15) is 0 Å². The lowest BCUT2D eigenvalue weighted by Gasteiger charge is -2.34. The number of nitrogens with zero attached hydrogens (tertiary/aromatic N) is 1. The fourth-order valence-corrected chi connectivity index (χ4v) is 2.96. The van der Waals surface area contributed by atoms with Crippen LogP contribution < -0.4 is 5.32 Å². The van der Waals surface area contributed by atoms with Crippen molar-refractivity contribution in [2.24, 2.45) is 11.3 Å². The van der Waals surface area contributed by atoms with Crippen LogP contribution in [0.25, 0.3) is 0 Å². The topological polar surface area (TPSA) is 15.3 Å². The minimum Gasteiger partial charge on any atom is -0.313 e. The second-order valence-electron chi connectivity index (χ2n) is 6.36. The van der Waals surface area contributed by atoms with Crippen molar-refractivity contribution in [3.05, 3.63) is 0 Å². The molecule has 2 unspecified atom stereocenters. The van der Waals surface area contributed by atoms with Crippen molar-refractivity contribution in [3.8, 4) is 0 Å². The second-order valence-corrected chi connectivity index (χ2v) is 6.36. The molecule has 1 N–H and O–H groups in total. The number of rotatable bonds is 5. The molecule has 0 aromatic carbocycles. The standard InChI is InChI=1S/C14H30N2/c1-7-15-13-12(8-9-14(13,4)5)10-16(6)11(2)3/h11-13,15H,7-10H2,1-6H3. The summed E-state index contributed by atoms with van der Waals surface area (Å²) < 4.78 is 0. The lowest BCUT2D eigenvalue weighted by Crippen LogP contribution is -2.46. The van der Waals surface area contributed by atoms with Gasteiger partial charge in [-0.1, -0.05) is 20.8 Å². The van der Waals surface area contributed by atoms with Crippen molar-refractivity contribution in [1.82, 2.24) is 10.2 Å². The van der Waals surface area contributed by atoms with E-state index in [1.165, 1.54) is 19.4 Å². The molecule has 16 heavy (non-hydrogen) atoms. The van der Waals surface area contributed by atoms with E-state index in [4.69, 9.17) is 0 Å². The Kier molecular flexibility index (Phi) is 4.81. The summed E-state index contributed by atoms with van der Waals surface area (Å²) in [6.45, 7) is 13.9. The molecule has 0 saturated heterocycles. The summed E-state index contributed by atoms with van der Waals surface area (Å²) in [6, 6.07) is 1.35. The van der Waals surface area contributed by atoms with Gasteiger partial charge in [-0.25, -0.2) is 0 Å². The van der Waals surface area contributed by atoms with Crippen LogP contribution in [-0.4, -0.2) is 37.1 Å². The van der Waals surface area contributed by atoms with Crippen molar-refractivity contribution in [2.75, 3.05) is 20.1 Å². The molecule has 2 heteroatoms. The summed E-state index contributed by atoms with van der Waals surface area (Å²) in [6.07, 6.45) is 2.74. The lowest BCUT2D eigenvalue weighted by molar-refractivity contribution is 0.184. The Morgan fingerprint density at radius 1 is 1.38 bits per heavy atom. The van der Waals surface area contributed by atoms with E-state index in [2.05, 4.69) is 51.9 Å². The fraction of sp³-hybridized carbons (Fsp3) is 1.00. The zero-order valence-electron chi connectivity index (χ0n) is 12.0. The smallest absolute Gasteiger partial charge is 0.0159 e. The van der Waals surface area contributed by atoms with E-state index in [1.807, 2.05) is 0 Å². The zero-order chi connectivity index (χ0) is 12.3. The first kappa shape index (κ1) is 14.0. The third kappa shape index (κ3) is 3.21. The van der Waals surface area contributed by atoms with Crippen LogP contribution in [0, 0.1) is 11.3 Å². The second kappa shape index (κ2) is 5.50. The van der Waals surface area contributed by atoms with Crippen LogP contribution in [0.4, 0.5) is 0 Å². The van der Waals surface area contributed by atoms with Crippen molar-refractivity contribution in [3.63, 3.8) is 0 Å². The molecule has 1 saturated carbocycles. The molecule has 0 heterocycles. The van der Waals surface area contributed by atoms with E-state index < -0.39 is 0 Å². The van der Waals surface area contributed by atoms with Gasteiger partial charge in [0, 0.05) is 18.6 Å². The highest BCUT2D eigenvalue weighted by Gasteiger charge is 2.41. The van der Waals surface area contributed by atoms with Gasteiger partial charge in [0.1, 0.15) is 0 Å². The molecular formula is C14H30N2. The molecule has 0 spiro atoms. The molecule has 0 aromatic heterocycles. The highest BCUT2D eigenvalue weighted by atomic mass is 15.1. The number of hydrogen-bond acceptors (Lipinski definition) is 2. The van der Waals surface area contributed by atoms with E-state index in [0.29, 0.717) is 17.5 Å². The molecule has 1 aliphatic rings. The van der Waals surface area contributed by atoms with E-state index in [-0.39, 0.29) is 0 Å². The predicted molar refractivity (Wildman–Crippen MR) is 71.7 cm³/mol. The van der Waals surface area contributed by atoms with Gasteiger partial charge in [0.05, 0.1) is 0 Å². The van der Waals surface area contributed by atoms with Crippen LogP contribution in [0.3, 0.4) is 0 Å². The first-order valence-electron chi connectivity index (χ1n) is 6.82. The third-order valence-corrected chi connectivity index (χ3v) is 4.30. The van der Waals surface area contributed by atoms with Crippen LogP contribution >= 0.6 is 0 Å². The largest absolute Gasteiger partial charge is 0.313 e. The molecule has 1 fully saturated rings. The van der Waals surface area contributed by atoms with Crippen LogP contribution in [-0.2, 0) is 0 Å². The van der Waals surface area contributed by atoms with Gasteiger partial charge in [-0.05, 0) is 51.6 Å². The molecule has 0 amide bonds. The number of hydrogen-bond donors (Lipinski definition) is 1. The predicted octanol–water partition coefficient (Wildman–Crippen LogP) is 2.74. The molecule has 1 rings (SSSR count). The Morgan fingerprint density at radius 3 is 2.50 bits per heavy atom. The summed E-state index contributed by atoms with van der Waals surface area (Å²) in [5.41, 5.74) is 0.471. The van der Waals surface area contributed by atoms with Crippen LogP contribution in [0.5, 0.6) is 0 Å². The van der Waals surface area contributed by atoms with Gasteiger partial charge in [-0.15, -0.1) is 0 Å². The SMILES string of the molecule is CCNC1C(CN(C)C(C)C)CCC1(C)C. The first-order chi connectivity index (χ1) is 7.38. The quantitative estimate of drug-likeness (QED) is 0.775. The van der Waals surface area contributed by atoms with E-state index in [0.717, 1.165) is 12.5 Å². The van der Waals surface area contributed by atoms with Crippen molar-refractivity contribution in [1.29, 1.82) is 0 Å².